The molecule has 0 aliphatic heterocycles. The third-order valence-electron chi connectivity index (χ3n) is 2.99. The molecule has 2 aromatic rings. The molecule has 0 fully saturated rings. The maximum atomic E-state index is 11.7. The van der Waals surface area contributed by atoms with Crippen LogP contribution < -0.4 is 10.6 Å². The maximum Gasteiger partial charge on any atom is 0.251 e. The van der Waals surface area contributed by atoms with Crippen molar-refractivity contribution >= 4 is 27.5 Å². The number of carbonyl (C=O) groups is 1. The molecule has 0 unspecified atom stereocenters. The number of hydrogen-bond acceptors (Lipinski definition) is 3. The Bertz CT molecular complexity index is 599. The molecule has 2 aromatic carbocycles. The van der Waals surface area contributed by atoms with E-state index in [0.29, 0.717) is 12.1 Å². The van der Waals surface area contributed by atoms with Crippen LogP contribution in [-0.4, -0.2) is 24.2 Å². The molecule has 0 aliphatic carbocycles. The maximum absolute atomic E-state index is 11.7. The summed E-state index contributed by atoms with van der Waals surface area (Å²) in [7, 11) is 0. The van der Waals surface area contributed by atoms with Gasteiger partial charge < -0.3 is 15.7 Å². The Labute approximate surface area is 132 Å². The molecule has 0 aliphatic rings. The van der Waals surface area contributed by atoms with Crippen LogP contribution in [0.3, 0.4) is 0 Å². The van der Waals surface area contributed by atoms with Crippen molar-refractivity contribution < 1.29 is 9.90 Å². The van der Waals surface area contributed by atoms with E-state index in [1.807, 2.05) is 36.4 Å². The van der Waals surface area contributed by atoms with Crippen LogP contribution in [0.25, 0.3) is 0 Å². The molecule has 2 rings (SSSR count). The highest BCUT2D eigenvalue weighted by atomic mass is 79.9. The largest absolute Gasteiger partial charge is 0.395 e. The normalized spacial score (nSPS) is 10.2. The first-order valence-corrected chi connectivity index (χ1v) is 7.46. The van der Waals surface area contributed by atoms with Crippen LogP contribution in [0, 0.1) is 0 Å². The molecule has 0 bridgehead atoms. The van der Waals surface area contributed by atoms with E-state index in [4.69, 9.17) is 5.11 Å². The van der Waals surface area contributed by atoms with E-state index < -0.39 is 0 Å². The number of rotatable bonds is 6. The molecule has 5 heteroatoms. The first-order chi connectivity index (χ1) is 10.2. The van der Waals surface area contributed by atoms with Crippen LogP contribution in [0.4, 0.5) is 5.69 Å². The summed E-state index contributed by atoms with van der Waals surface area (Å²) in [5.74, 6) is -0.179. The number of anilines is 1. The van der Waals surface area contributed by atoms with Crippen molar-refractivity contribution in [2.45, 2.75) is 6.54 Å². The number of benzene rings is 2. The van der Waals surface area contributed by atoms with Gasteiger partial charge >= 0.3 is 0 Å². The number of halogens is 1. The van der Waals surface area contributed by atoms with E-state index >= 15 is 0 Å². The molecule has 0 atom stereocenters. The van der Waals surface area contributed by atoms with E-state index in [1.165, 1.54) is 5.56 Å². The highest BCUT2D eigenvalue weighted by Gasteiger charge is 2.04. The standard InChI is InChI=1S/C16H17BrN2O2/c17-15-4-2-1-3-13(15)11-19-14-7-5-12(6-8-14)16(21)18-9-10-20/h1-8,19-20H,9-11H2,(H,18,21). The lowest BCUT2D eigenvalue weighted by Crippen LogP contribution is -2.26. The molecular formula is C16H17BrN2O2. The van der Waals surface area contributed by atoms with Gasteiger partial charge in [-0.1, -0.05) is 34.1 Å². The van der Waals surface area contributed by atoms with Gasteiger partial charge in [-0.05, 0) is 35.9 Å². The van der Waals surface area contributed by atoms with Crippen LogP contribution in [0.1, 0.15) is 15.9 Å². The Kier molecular flexibility index (Phi) is 5.78. The zero-order chi connectivity index (χ0) is 15.1. The van der Waals surface area contributed by atoms with Gasteiger partial charge in [-0.15, -0.1) is 0 Å². The minimum atomic E-state index is -0.179. The average molecular weight is 349 g/mol. The van der Waals surface area contributed by atoms with Crippen LogP contribution in [-0.2, 0) is 6.54 Å². The lowest BCUT2D eigenvalue weighted by atomic mass is 10.2. The van der Waals surface area contributed by atoms with Crippen molar-refractivity contribution in [2.24, 2.45) is 0 Å². The van der Waals surface area contributed by atoms with Gasteiger partial charge in [0, 0.05) is 28.8 Å². The van der Waals surface area contributed by atoms with Gasteiger partial charge in [-0.3, -0.25) is 4.79 Å². The SMILES string of the molecule is O=C(NCCO)c1ccc(NCc2ccccc2Br)cc1. The van der Waals surface area contributed by atoms with Gasteiger partial charge in [0.15, 0.2) is 0 Å². The van der Waals surface area contributed by atoms with Crippen molar-refractivity contribution in [3.05, 3.63) is 64.1 Å². The summed E-state index contributed by atoms with van der Waals surface area (Å²) in [6, 6.07) is 15.3. The van der Waals surface area contributed by atoms with E-state index in [9.17, 15) is 4.79 Å². The summed E-state index contributed by atoms with van der Waals surface area (Å²) in [4.78, 5) is 11.7. The molecule has 0 saturated heterocycles. The van der Waals surface area contributed by atoms with Crippen LogP contribution >= 0.6 is 15.9 Å². The molecule has 3 N–H and O–H groups in total. The highest BCUT2D eigenvalue weighted by molar-refractivity contribution is 9.10. The molecule has 0 saturated carbocycles. The number of aliphatic hydroxyl groups excluding tert-OH is 1. The first-order valence-electron chi connectivity index (χ1n) is 6.67. The lowest BCUT2D eigenvalue weighted by molar-refractivity contribution is 0.0945. The van der Waals surface area contributed by atoms with E-state index in [0.717, 1.165) is 10.2 Å². The van der Waals surface area contributed by atoms with Crippen molar-refractivity contribution in [3.63, 3.8) is 0 Å². The Balaban J connectivity index is 1.93. The third-order valence-corrected chi connectivity index (χ3v) is 3.76. The summed E-state index contributed by atoms with van der Waals surface area (Å²) >= 11 is 3.51. The fourth-order valence-corrected chi connectivity index (χ4v) is 2.27. The Hall–Kier alpha value is -1.85. The van der Waals surface area contributed by atoms with Crippen molar-refractivity contribution in [1.82, 2.24) is 5.32 Å². The third kappa shape index (κ3) is 4.58. The van der Waals surface area contributed by atoms with Gasteiger partial charge in [0.25, 0.3) is 5.91 Å². The van der Waals surface area contributed by atoms with Crippen molar-refractivity contribution in [2.75, 3.05) is 18.5 Å². The Morgan fingerprint density at radius 3 is 2.48 bits per heavy atom. The number of hydrogen-bond donors (Lipinski definition) is 3. The zero-order valence-corrected chi connectivity index (χ0v) is 13.1. The molecule has 4 nitrogen and oxygen atoms in total. The number of nitrogens with one attached hydrogen (secondary N) is 2. The molecule has 21 heavy (non-hydrogen) atoms. The molecule has 0 spiro atoms. The minimum Gasteiger partial charge on any atom is -0.395 e. The van der Waals surface area contributed by atoms with Gasteiger partial charge in [0.2, 0.25) is 0 Å². The minimum absolute atomic E-state index is 0.0582. The van der Waals surface area contributed by atoms with E-state index in [1.54, 1.807) is 12.1 Å². The molecule has 0 aromatic heterocycles. The smallest absolute Gasteiger partial charge is 0.251 e. The van der Waals surface area contributed by atoms with E-state index in [-0.39, 0.29) is 19.1 Å². The Morgan fingerprint density at radius 1 is 1.10 bits per heavy atom. The first kappa shape index (κ1) is 15.5. The van der Waals surface area contributed by atoms with Crippen molar-refractivity contribution in [1.29, 1.82) is 0 Å². The second-order valence-electron chi connectivity index (χ2n) is 4.50. The second kappa shape index (κ2) is 7.81. The summed E-state index contributed by atoms with van der Waals surface area (Å²) in [5, 5.41) is 14.6. The highest BCUT2D eigenvalue weighted by Crippen LogP contribution is 2.18. The fourth-order valence-electron chi connectivity index (χ4n) is 1.85. The number of aliphatic hydroxyl groups is 1. The predicted molar refractivity (Wildman–Crippen MR) is 87.3 cm³/mol. The topological polar surface area (TPSA) is 61.4 Å². The average Bonchev–Trinajstić information content (AvgIpc) is 2.52. The predicted octanol–water partition coefficient (Wildman–Crippen LogP) is 2.78. The molecule has 0 radical (unpaired) electrons. The van der Waals surface area contributed by atoms with Gasteiger partial charge in [-0.25, -0.2) is 0 Å². The van der Waals surface area contributed by atoms with Crippen LogP contribution in [0.15, 0.2) is 53.0 Å². The molecule has 1 amide bonds. The second-order valence-corrected chi connectivity index (χ2v) is 5.36. The number of amides is 1. The molecular weight excluding hydrogens is 332 g/mol. The zero-order valence-electron chi connectivity index (χ0n) is 11.5. The quantitative estimate of drug-likeness (QED) is 0.752. The lowest BCUT2D eigenvalue weighted by Gasteiger charge is -2.09. The monoisotopic (exact) mass is 348 g/mol. The van der Waals surface area contributed by atoms with Crippen molar-refractivity contribution in [3.8, 4) is 0 Å². The molecule has 110 valence electrons. The Morgan fingerprint density at radius 2 is 1.81 bits per heavy atom. The van der Waals surface area contributed by atoms with E-state index in [2.05, 4.69) is 26.6 Å². The van der Waals surface area contributed by atoms with Gasteiger partial charge in [0.1, 0.15) is 0 Å². The summed E-state index contributed by atoms with van der Waals surface area (Å²) in [6.45, 7) is 0.912. The summed E-state index contributed by atoms with van der Waals surface area (Å²) in [6.07, 6.45) is 0. The van der Waals surface area contributed by atoms with Crippen LogP contribution in [0.2, 0.25) is 0 Å². The number of carbonyl (C=O) groups excluding carboxylic acids is 1. The molecule has 0 heterocycles. The summed E-state index contributed by atoms with van der Waals surface area (Å²) in [5.41, 5.74) is 2.70. The van der Waals surface area contributed by atoms with Crippen LogP contribution in [0.5, 0.6) is 0 Å². The summed E-state index contributed by atoms with van der Waals surface area (Å²) < 4.78 is 1.07. The van der Waals surface area contributed by atoms with Gasteiger partial charge in [-0.2, -0.15) is 0 Å². The fraction of sp³-hybridized carbons (Fsp3) is 0.188. The van der Waals surface area contributed by atoms with Gasteiger partial charge in [0.05, 0.1) is 6.61 Å².